The van der Waals surface area contributed by atoms with Crippen molar-refractivity contribution in [2.45, 2.75) is 22.4 Å². The number of nitrogens with one attached hydrogen (secondary N) is 2. The van der Waals surface area contributed by atoms with Gasteiger partial charge in [-0.15, -0.1) is 0 Å². The Balaban J connectivity index is 1.48. The number of benzene rings is 2. The van der Waals surface area contributed by atoms with Gasteiger partial charge in [-0.05, 0) is 48.4 Å². The Morgan fingerprint density at radius 1 is 0.971 bits per heavy atom. The number of hydrogen-bond acceptors (Lipinski definition) is 7. The van der Waals surface area contributed by atoms with Crippen LogP contribution in [0.25, 0.3) is 0 Å². The minimum atomic E-state index is -3.99. The van der Waals surface area contributed by atoms with E-state index in [1.54, 1.807) is 12.1 Å². The van der Waals surface area contributed by atoms with Crippen LogP contribution >= 0.6 is 0 Å². The van der Waals surface area contributed by atoms with E-state index in [0.717, 1.165) is 28.6 Å². The van der Waals surface area contributed by atoms with Gasteiger partial charge in [-0.1, -0.05) is 12.1 Å². The molecule has 0 saturated carbocycles. The summed E-state index contributed by atoms with van der Waals surface area (Å²) in [5, 5.41) is 9.79. The summed E-state index contributed by atoms with van der Waals surface area (Å²) in [4.78, 5) is 24.0. The lowest BCUT2D eigenvalue weighted by Gasteiger charge is -2.22. The van der Waals surface area contributed by atoms with Gasteiger partial charge in [-0.25, -0.2) is 26.4 Å². The highest BCUT2D eigenvalue weighted by Crippen LogP contribution is 2.22. The van der Waals surface area contributed by atoms with Gasteiger partial charge in [-0.3, -0.25) is 9.59 Å². The maximum absolute atomic E-state index is 13.1. The summed E-state index contributed by atoms with van der Waals surface area (Å²) in [6, 6.07) is 10.1. The van der Waals surface area contributed by atoms with E-state index in [4.69, 9.17) is 9.88 Å². The summed E-state index contributed by atoms with van der Waals surface area (Å²) in [6.45, 7) is -0.0260. The highest BCUT2D eigenvalue weighted by atomic mass is 32.2. The molecule has 1 aliphatic rings. The first-order valence-electron chi connectivity index (χ1n) is 10.1. The smallest absolute Gasteiger partial charge is 0.309 e. The van der Waals surface area contributed by atoms with E-state index < -0.39 is 43.9 Å². The fourth-order valence-electron chi connectivity index (χ4n) is 3.19. The maximum Gasteiger partial charge on any atom is 0.309 e. The Kier molecular flexibility index (Phi) is 7.99. The van der Waals surface area contributed by atoms with Crippen molar-refractivity contribution in [2.75, 3.05) is 26.2 Å². The highest BCUT2D eigenvalue weighted by Gasteiger charge is 2.36. The first kappa shape index (κ1) is 25.7. The number of sulfonamides is 2. The van der Waals surface area contributed by atoms with Gasteiger partial charge in [0.05, 0.1) is 22.9 Å². The van der Waals surface area contributed by atoms with Crippen LogP contribution in [0.3, 0.4) is 0 Å². The number of nitrogens with zero attached hydrogens (tertiary/aromatic N) is 1. The van der Waals surface area contributed by atoms with Gasteiger partial charge in [0.1, 0.15) is 12.0 Å². The van der Waals surface area contributed by atoms with Crippen molar-refractivity contribution in [3.63, 3.8) is 0 Å². The molecule has 1 aliphatic heterocycles. The molecule has 0 aliphatic carbocycles. The molecule has 0 spiro atoms. The second-order valence-corrected chi connectivity index (χ2v) is 10.8. The fraction of sp³-hybridized carbons (Fsp3) is 0.300. The van der Waals surface area contributed by atoms with Crippen LogP contribution in [0.1, 0.15) is 5.56 Å². The molecule has 1 saturated heterocycles. The minimum Gasteiger partial charge on any atom is -0.359 e. The Hall–Kier alpha value is -2.91. The Morgan fingerprint density at radius 3 is 2.18 bits per heavy atom. The third kappa shape index (κ3) is 6.36. The van der Waals surface area contributed by atoms with Crippen molar-refractivity contribution < 1.29 is 35.6 Å². The second kappa shape index (κ2) is 10.6. The molecule has 14 heteroatoms. The van der Waals surface area contributed by atoms with Crippen LogP contribution in [0.4, 0.5) is 4.39 Å². The molecule has 1 fully saturated rings. The SMILES string of the molecule is NS(=O)(=O)c1ccc(CCNC(=O)C(=O)NC[C@@H]2OCCN2S(=O)(=O)c2ccc(F)cc2)cc1. The molecule has 2 aromatic carbocycles. The van der Waals surface area contributed by atoms with Crippen molar-refractivity contribution in [1.29, 1.82) is 0 Å². The summed E-state index contributed by atoms with van der Waals surface area (Å²) >= 11 is 0. The third-order valence-electron chi connectivity index (χ3n) is 4.96. The number of primary sulfonamides is 1. The number of halogens is 1. The van der Waals surface area contributed by atoms with Gasteiger partial charge < -0.3 is 15.4 Å². The molecule has 1 atom stereocenters. The summed E-state index contributed by atoms with van der Waals surface area (Å²) in [6.07, 6.45) is -0.691. The zero-order chi connectivity index (χ0) is 24.9. The van der Waals surface area contributed by atoms with Crippen LogP contribution in [0.2, 0.25) is 0 Å². The molecular formula is C20H23FN4O7S2. The molecule has 0 unspecified atom stereocenters. The van der Waals surface area contributed by atoms with E-state index in [9.17, 15) is 30.8 Å². The molecule has 3 rings (SSSR count). The molecule has 4 N–H and O–H groups in total. The average Bonchev–Trinajstić information content (AvgIpc) is 3.27. The Labute approximate surface area is 196 Å². The first-order valence-corrected chi connectivity index (χ1v) is 13.0. The van der Waals surface area contributed by atoms with Crippen LogP contribution in [-0.2, 0) is 40.8 Å². The molecule has 1 heterocycles. The normalized spacial score (nSPS) is 16.8. The number of ether oxygens (including phenoxy) is 1. The van der Waals surface area contributed by atoms with Gasteiger partial charge in [0, 0.05) is 13.1 Å². The summed E-state index contributed by atoms with van der Waals surface area (Å²) in [7, 11) is -7.78. The van der Waals surface area contributed by atoms with Crippen molar-refractivity contribution in [3.8, 4) is 0 Å². The van der Waals surface area contributed by atoms with Crippen molar-refractivity contribution in [3.05, 3.63) is 59.9 Å². The highest BCUT2D eigenvalue weighted by molar-refractivity contribution is 7.89. The van der Waals surface area contributed by atoms with Crippen LogP contribution in [0.15, 0.2) is 58.3 Å². The topological polar surface area (TPSA) is 165 Å². The summed E-state index contributed by atoms with van der Waals surface area (Å²) in [5.74, 6) is -2.47. The molecule has 2 aromatic rings. The largest absolute Gasteiger partial charge is 0.359 e. The van der Waals surface area contributed by atoms with Gasteiger partial charge in [0.25, 0.3) is 0 Å². The zero-order valence-corrected chi connectivity index (χ0v) is 19.4. The van der Waals surface area contributed by atoms with Gasteiger partial charge in [0.2, 0.25) is 20.0 Å². The van der Waals surface area contributed by atoms with E-state index in [1.807, 2.05) is 0 Å². The van der Waals surface area contributed by atoms with Crippen LogP contribution in [-0.4, -0.2) is 65.4 Å². The van der Waals surface area contributed by atoms with E-state index in [1.165, 1.54) is 12.1 Å². The van der Waals surface area contributed by atoms with E-state index in [0.29, 0.717) is 12.0 Å². The zero-order valence-electron chi connectivity index (χ0n) is 17.8. The minimum absolute atomic E-state index is 0.0377. The van der Waals surface area contributed by atoms with Crippen molar-refractivity contribution in [1.82, 2.24) is 14.9 Å². The number of amides is 2. The lowest BCUT2D eigenvalue weighted by atomic mass is 10.1. The number of hydrogen-bond donors (Lipinski definition) is 3. The molecule has 184 valence electrons. The monoisotopic (exact) mass is 514 g/mol. The lowest BCUT2D eigenvalue weighted by molar-refractivity contribution is -0.139. The third-order valence-corrected chi connectivity index (χ3v) is 7.79. The van der Waals surface area contributed by atoms with E-state index in [-0.39, 0.29) is 36.0 Å². The van der Waals surface area contributed by atoms with Crippen LogP contribution in [0.5, 0.6) is 0 Å². The molecule has 0 radical (unpaired) electrons. The molecule has 2 amide bonds. The van der Waals surface area contributed by atoms with Crippen molar-refractivity contribution in [2.24, 2.45) is 5.14 Å². The molecular weight excluding hydrogens is 491 g/mol. The van der Waals surface area contributed by atoms with Crippen molar-refractivity contribution >= 4 is 31.9 Å². The fourth-order valence-corrected chi connectivity index (χ4v) is 5.22. The van der Waals surface area contributed by atoms with Gasteiger partial charge in [-0.2, -0.15) is 4.31 Å². The Bertz CT molecular complexity index is 1250. The predicted octanol–water partition coefficient (Wildman–Crippen LogP) is -0.705. The van der Waals surface area contributed by atoms with Gasteiger partial charge in [0.15, 0.2) is 0 Å². The number of rotatable bonds is 8. The maximum atomic E-state index is 13.1. The summed E-state index contributed by atoms with van der Waals surface area (Å²) < 4.78 is 67.6. The standard InChI is InChI=1S/C20H23FN4O7S2/c21-15-3-7-17(8-4-15)34(30,31)25-11-12-32-18(25)13-24-20(27)19(26)23-10-9-14-1-5-16(6-2-14)33(22,28)29/h1-8,18H,9-13H2,(H,23,26)(H,24,27)(H2,22,28,29)/t18-/m0/s1. The molecule has 34 heavy (non-hydrogen) atoms. The quantitative estimate of drug-likeness (QED) is 0.392. The second-order valence-electron chi connectivity index (χ2n) is 7.30. The molecule has 0 aromatic heterocycles. The van der Waals surface area contributed by atoms with Gasteiger partial charge >= 0.3 is 11.8 Å². The summed E-state index contributed by atoms with van der Waals surface area (Å²) in [5.41, 5.74) is 0.717. The number of nitrogens with two attached hydrogens (primary N) is 1. The lowest BCUT2D eigenvalue weighted by Crippen LogP contribution is -2.47. The molecule has 0 bridgehead atoms. The van der Waals surface area contributed by atoms with E-state index in [2.05, 4.69) is 10.6 Å². The average molecular weight is 515 g/mol. The number of carbonyl (C=O) groups is 2. The molecule has 11 nitrogen and oxygen atoms in total. The first-order chi connectivity index (χ1) is 16.0. The predicted molar refractivity (Wildman–Crippen MR) is 118 cm³/mol. The van der Waals surface area contributed by atoms with Crippen LogP contribution in [0, 0.1) is 5.82 Å². The Morgan fingerprint density at radius 2 is 1.56 bits per heavy atom. The number of carbonyl (C=O) groups excluding carboxylic acids is 2. The van der Waals surface area contributed by atoms with Crippen LogP contribution < -0.4 is 15.8 Å². The van der Waals surface area contributed by atoms with E-state index >= 15 is 0 Å².